The van der Waals surface area contributed by atoms with E-state index < -0.39 is 0 Å². The molecule has 1 aliphatic rings. The highest BCUT2D eigenvalue weighted by Gasteiger charge is 2.25. The highest BCUT2D eigenvalue weighted by atomic mass is 35.5. The number of benzene rings is 2. The summed E-state index contributed by atoms with van der Waals surface area (Å²) in [6, 6.07) is 11.3. The smallest absolute Gasteiger partial charge is 0.266 e. The first-order valence-electron chi connectivity index (χ1n) is 7.83. The first-order chi connectivity index (χ1) is 12.5. The zero-order valence-electron chi connectivity index (χ0n) is 13.6. The molecule has 0 radical (unpaired) electrons. The van der Waals surface area contributed by atoms with E-state index in [1.165, 1.54) is 17.8 Å². The van der Waals surface area contributed by atoms with Crippen LogP contribution in [0.3, 0.4) is 0 Å². The lowest BCUT2D eigenvalue weighted by molar-refractivity contribution is -0.128. The molecule has 0 saturated heterocycles. The summed E-state index contributed by atoms with van der Waals surface area (Å²) in [7, 11) is 0. The Bertz CT molecular complexity index is 810. The van der Waals surface area contributed by atoms with Crippen molar-refractivity contribution in [2.75, 3.05) is 19.7 Å². The molecule has 0 spiro atoms. The normalized spacial score (nSPS) is 13.7. The fourth-order valence-corrected chi connectivity index (χ4v) is 3.88. The minimum atomic E-state index is -0.368. The second kappa shape index (κ2) is 8.75. The molecule has 0 atom stereocenters. The van der Waals surface area contributed by atoms with E-state index in [4.69, 9.17) is 27.9 Å². The molecule has 2 aromatic rings. The van der Waals surface area contributed by atoms with Gasteiger partial charge in [0.25, 0.3) is 5.91 Å². The molecule has 0 aliphatic carbocycles. The predicted octanol–water partition coefficient (Wildman–Crippen LogP) is 4.64. The molecule has 4 nitrogen and oxygen atoms in total. The van der Waals surface area contributed by atoms with Crippen LogP contribution >= 0.6 is 35.0 Å². The zero-order chi connectivity index (χ0) is 18.5. The number of hydrogen-bond acceptors (Lipinski definition) is 4. The zero-order valence-corrected chi connectivity index (χ0v) is 16.0. The van der Waals surface area contributed by atoms with Gasteiger partial charge in [-0.2, -0.15) is 0 Å². The highest BCUT2D eigenvalue weighted by molar-refractivity contribution is 8.13. The van der Waals surface area contributed by atoms with Gasteiger partial charge in [-0.1, -0.05) is 41.0 Å². The van der Waals surface area contributed by atoms with E-state index in [0.717, 1.165) is 0 Å². The highest BCUT2D eigenvalue weighted by Crippen LogP contribution is 2.26. The number of rotatable bonds is 5. The summed E-state index contributed by atoms with van der Waals surface area (Å²) in [6.45, 7) is 0.887. The third kappa shape index (κ3) is 4.69. The van der Waals surface area contributed by atoms with Crippen molar-refractivity contribution in [3.8, 4) is 5.75 Å². The molecule has 2 aromatic carbocycles. The van der Waals surface area contributed by atoms with Crippen molar-refractivity contribution >= 4 is 46.0 Å². The van der Waals surface area contributed by atoms with E-state index in [-0.39, 0.29) is 18.3 Å². The molecule has 3 rings (SSSR count). The van der Waals surface area contributed by atoms with Crippen LogP contribution in [0.5, 0.6) is 5.75 Å². The Morgan fingerprint density at radius 1 is 1.23 bits per heavy atom. The molecular formula is C18H15Cl2FN2O2S. The fourth-order valence-electron chi connectivity index (χ4n) is 2.34. The van der Waals surface area contributed by atoms with Gasteiger partial charge in [0.2, 0.25) is 0 Å². The maximum absolute atomic E-state index is 13.9. The van der Waals surface area contributed by atoms with Crippen LogP contribution < -0.4 is 4.74 Å². The summed E-state index contributed by atoms with van der Waals surface area (Å²) in [5.74, 6) is 0.286. The van der Waals surface area contributed by atoms with Crippen LogP contribution in [0.15, 0.2) is 47.5 Å². The lowest BCUT2D eigenvalue weighted by Gasteiger charge is -2.18. The number of amidine groups is 1. The number of carbonyl (C=O) groups is 1. The summed E-state index contributed by atoms with van der Waals surface area (Å²) in [5.41, 5.74) is 0.401. The summed E-state index contributed by atoms with van der Waals surface area (Å²) in [5, 5.41) is 1.51. The predicted molar refractivity (Wildman–Crippen MR) is 104 cm³/mol. The van der Waals surface area contributed by atoms with Crippen LogP contribution in [0.25, 0.3) is 0 Å². The minimum Gasteiger partial charge on any atom is -0.484 e. The van der Waals surface area contributed by atoms with Crippen molar-refractivity contribution in [1.82, 2.24) is 4.90 Å². The molecule has 0 aromatic heterocycles. The Kier molecular flexibility index (Phi) is 6.40. The van der Waals surface area contributed by atoms with Crippen molar-refractivity contribution in [2.24, 2.45) is 4.99 Å². The lowest BCUT2D eigenvalue weighted by atomic mass is 10.2. The molecule has 8 heteroatoms. The van der Waals surface area contributed by atoms with Gasteiger partial charge < -0.3 is 4.74 Å². The van der Waals surface area contributed by atoms with Crippen molar-refractivity contribution in [1.29, 1.82) is 0 Å². The molecule has 0 saturated carbocycles. The van der Waals surface area contributed by atoms with E-state index in [9.17, 15) is 9.18 Å². The Labute approximate surface area is 164 Å². The molecule has 0 fully saturated rings. The van der Waals surface area contributed by atoms with Crippen LogP contribution in [-0.4, -0.2) is 35.7 Å². The van der Waals surface area contributed by atoms with E-state index in [1.54, 1.807) is 41.3 Å². The molecule has 136 valence electrons. The number of aliphatic imine (C=N–C) groups is 1. The average Bonchev–Trinajstić information content (AvgIpc) is 3.09. The molecule has 0 bridgehead atoms. The SMILES string of the molecule is O=C(COc1ccc(Cl)cc1)N1CCN=C1SCc1c(F)cccc1Cl. The van der Waals surface area contributed by atoms with Crippen LogP contribution in [0.2, 0.25) is 10.0 Å². The first kappa shape index (κ1) is 19.0. The molecular weight excluding hydrogens is 398 g/mol. The van der Waals surface area contributed by atoms with Gasteiger partial charge in [-0.3, -0.25) is 14.7 Å². The van der Waals surface area contributed by atoms with E-state index in [2.05, 4.69) is 4.99 Å². The monoisotopic (exact) mass is 412 g/mol. The van der Waals surface area contributed by atoms with Crippen LogP contribution in [0.1, 0.15) is 5.56 Å². The Morgan fingerprint density at radius 3 is 2.73 bits per heavy atom. The summed E-state index contributed by atoms with van der Waals surface area (Å²) >= 11 is 13.1. The van der Waals surface area contributed by atoms with Crippen LogP contribution in [-0.2, 0) is 10.5 Å². The number of thioether (sulfide) groups is 1. The number of ether oxygens (including phenoxy) is 1. The standard InChI is InChI=1S/C18H15Cl2FN2O2S/c19-12-4-6-13(7-5-12)25-10-17(24)23-9-8-22-18(23)26-11-14-15(20)2-1-3-16(14)21/h1-7H,8-11H2. The van der Waals surface area contributed by atoms with Gasteiger partial charge in [-0.05, 0) is 36.4 Å². The number of carbonyl (C=O) groups excluding carboxylic acids is 1. The summed E-state index contributed by atoms with van der Waals surface area (Å²) in [4.78, 5) is 18.3. The van der Waals surface area contributed by atoms with Crippen molar-refractivity contribution < 1.29 is 13.9 Å². The average molecular weight is 413 g/mol. The number of nitrogens with zero attached hydrogens (tertiary/aromatic N) is 2. The van der Waals surface area contributed by atoms with Gasteiger partial charge in [-0.15, -0.1) is 0 Å². The summed E-state index contributed by atoms with van der Waals surface area (Å²) in [6.07, 6.45) is 0. The van der Waals surface area contributed by atoms with Crippen molar-refractivity contribution in [3.63, 3.8) is 0 Å². The molecule has 1 aliphatic heterocycles. The number of halogens is 3. The third-order valence-corrected chi connectivity index (χ3v) is 5.33. The molecule has 0 N–H and O–H groups in total. The van der Waals surface area contributed by atoms with Gasteiger partial charge in [0.05, 0.1) is 6.54 Å². The van der Waals surface area contributed by atoms with Crippen molar-refractivity contribution in [3.05, 3.63) is 63.9 Å². The van der Waals surface area contributed by atoms with Crippen LogP contribution in [0, 0.1) is 5.82 Å². The molecule has 1 heterocycles. The Hall–Kier alpha value is -1.76. The first-order valence-corrected chi connectivity index (χ1v) is 9.57. The van der Waals surface area contributed by atoms with E-state index in [0.29, 0.717) is 45.4 Å². The van der Waals surface area contributed by atoms with E-state index >= 15 is 0 Å². The summed E-state index contributed by atoms with van der Waals surface area (Å²) < 4.78 is 19.4. The molecule has 26 heavy (non-hydrogen) atoms. The number of amides is 1. The topological polar surface area (TPSA) is 41.9 Å². The minimum absolute atomic E-state index is 0.109. The van der Waals surface area contributed by atoms with Crippen molar-refractivity contribution in [2.45, 2.75) is 5.75 Å². The van der Waals surface area contributed by atoms with Crippen LogP contribution in [0.4, 0.5) is 4.39 Å². The Morgan fingerprint density at radius 2 is 2.00 bits per heavy atom. The number of hydrogen-bond donors (Lipinski definition) is 0. The van der Waals surface area contributed by atoms with Gasteiger partial charge in [-0.25, -0.2) is 4.39 Å². The molecule has 0 unspecified atom stereocenters. The second-order valence-corrected chi connectivity index (χ2v) is 7.23. The van der Waals surface area contributed by atoms with Gasteiger partial charge in [0, 0.05) is 27.9 Å². The largest absolute Gasteiger partial charge is 0.484 e. The third-order valence-electron chi connectivity index (χ3n) is 3.69. The maximum atomic E-state index is 13.9. The maximum Gasteiger partial charge on any atom is 0.266 e. The van der Waals surface area contributed by atoms with Gasteiger partial charge in [0.1, 0.15) is 11.6 Å². The van der Waals surface area contributed by atoms with Gasteiger partial charge >= 0.3 is 0 Å². The quantitative estimate of drug-likeness (QED) is 0.717. The van der Waals surface area contributed by atoms with Gasteiger partial charge in [0.15, 0.2) is 11.8 Å². The lowest BCUT2D eigenvalue weighted by Crippen LogP contribution is -2.36. The Balaban J connectivity index is 1.57. The fraction of sp³-hybridized carbons (Fsp3) is 0.222. The second-order valence-electron chi connectivity index (χ2n) is 5.44. The molecule has 1 amide bonds. The van der Waals surface area contributed by atoms with E-state index in [1.807, 2.05) is 0 Å².